The first-order valence-electron chi connectivity index (χ1n) is 2.27. The van der Waals surface area contributed by atoms with E-state index in [0.717, 1.165) is 0 Å². The second-order valence-electron chi connectivity index (χ2n) is 1.26. The molecule has 62 valence electrons. The number of carboxylic acids is 1. The smallest absolute Gasteiger partial charge is 0.303 e. The normalized spacial score (nSPS) is 9.60. The van der Waals surface area contributed by atoms with Crippen LogP contribution < -0.4 is 0 Å². The van der Waals surface area contributed by atoms with E-state index in [2.05, 4.69) is 24.1 Å². The summed E-state index contributed by atoms with van der Waals surface area (Å²) in [6.45, 7) is 1.60. The number of rotatable bonds is 1. The van der Waals surface area contributed by atoms with Gasteiger partial charge in [-0.1, -0.05) is 19.2 Å². The highest BCUT2D eigenvalue weighted by molar-refractivity contribution is 8.59. The monoisotopic (exact) mass is 204 g/mol. The Bertz CT molecular complexity index is 133. The third kappa shape index (κ3) is 80.2. The lowest BCUT2D eigenvalue weighted by Crippen LogP contribution is -1.86. The van der Waals surface area contributed by atoms with E-state index in [9.17, 15) is 4.79 Å². The molecule has 0 unspecified atom stereocenters. The number of aliphatic carboxylic acids is 1. The first-order chi connectivity index (χ1) is 4.27. The summed E-state index contributed by atoms with van der Waals surface area (Å²) < 4.78 is 0. The van der Waals surface area contributed by atoms with Crippen molar-refractivity contribution < 1.29 is 19.7 Å². The molecule has 0 rings (SSSR count). The van der Waals surface area contributed by atoms with E-state index in [-0.39, 0.29) is 6.42 Å². The van der Waals surface area contributed by atoms with Crippen molar-refractivity contribution in [3.8, 4) is 0 Å². The van der Waals surface area contributed by atoms with E-state index in [0.29, 0.717) is 0 Å². The maximum atomic E-state index is 9.37. The summed E-state index contributed by atoms with van der Waals surface area (Å²) in [4.78, 5) is 25.1. The molecule has 3 N–H and O–H groups in total. The second kappa shape index (κ2) is 6.12. The van der Waals surface area contributed by atoms with E-state index in [1.165, 1.54) is 0 Å². The van der Waals surface area contributed by atoms with Crippen molar-refractivity contribution in [2.75, 3.05) is 0 Å². The van der Waals surface area contributed by atoms with Crippen molar-refractivity contribution in [1.82, 2.24) is 0 Å². The SMILES string of the molecule is CCC(=O)O.OP(O)(=S)S. The molecule has 0 saturated carbocycles. The van der Waals surface area contributed by atoms with Crippen molar-refractivity contribution in [2.24, 2.45) is 0 Å². The van der Waals surface area contributed by atoms with E-state index in [1.807, 2.05) is 0 Å². The van der Waals surface area contributed by atoms with Crippen molar-refractivity contribution in [1.29, 1.82) is 0 Å². The standard InChI is InChI=1S/C3H6O2.H3O2PS2/c1-2-3(4)5;1-3(2,4)5/h2H2,1H3,(H,4,5);(H3,1,2,4,5). The molecule has 0 radical (unpaired) electrons. The predicted octanol–water partition coefficient (Wildman–Crippen LogP) is 0.606. The van der Waals surface area contributed by atoms with Crippen LogP contribution in [0, 0.1) is 0 Å². The Hall–Kier alpha value is 0.390. The first kappa shape index (κ1) is 13.0. The fraction of sp³-hybridized carbons (Fsp3) is 0.667. The molecule has 0 amide bonds. The Labute approximate surface area is 69.2 Å². The zero-order valence-electron chi connectivity index (χ0n) is 5.26. The lowest BCUT2D eigenvalue weighted by Gasteiger charge is -1.88. The van der Waals surface area contributed by atoms with Gasteiger partial charge in [-0.2, -0.15) is 0 Å². The highest BCUT2D eigenvalue weighted by Gasteiger charge is 1.90. The molecule has 0 aliphatic carbocycles. The van der Waals surface area contributed by atoms with Crippen LogP contribution in [0.25, 0.3) is 0 Å². The third-order valence-corrected chi connectivity index (χ3v) is 0.302. The predicted molar refractivity (Wildman–Crippen MR) is 45.6 cm³/mol. The van der Waals surface area contributed by atoms with E-state index < -0.39 is 11.7 Å². The fourth-order valence-electron chi connectivity index (χ4n) is 0. The van der Waals surface area contributed by atoms with E-state index in [4.69, 9.17) is 14.9 Å². The molecule has 7 heteroatoms. The highest BCUT2D eigenvalue weighted by Crippen LogP contribution is 2.39. The van der Waals surface area contributed by atoms with Crippen molar-refractivity contribution in [3.63, 3.8) is 0 Å². The van der Waals surface area contributed by atoms with Crippen LogP contribution >= 0.6 is 17.9 Å². The van der Waals surface area contributed by atoms with Gasteiger partial charge in [-0.3, -0.25) is 4.79 Å². The highest BCUT2D eigenvalue weighted by atomic mass is 32.9. The number of hydrogen-bond donors (Lipinski definition) is 4. The van der Waals surface area contributed by atoms with Gasteiger partial charge in [0.25, 0.3) is 0 Å². The summed E-state index contributed by atoms with van der Waals surface area (Å²) in [5, 5.41) is 7.72. The van der Waals surface area contributed by atoms with Gasteiger partial charge in [0, 0.05) is 6.42 Å². The van der Waals surface area contributed by atoms with Gasteiger partial charge in [0.2, 0.25) is 5.69 Å². The largest absolute Gasteiger partial charge is 0.481 e. The molecule has 10 heavy (non-hydrogen) atoms. The van der Waals surface area contributed by atoms with E-state index in [1.54, 1.807) is 6.92 Å². The summed E-state index contributed by atoms with van der Waals surface area (Å²) in [5.74, 6) is -0.745. The molecule has 0 spiro atoms. The van der Waals surface area contributed by atoms with Crippen LogP contribution in [0.2, 0.25) is 0 Å². The molecule has 0 aliphatic heterocycles. The van der Waals surface area contributed by atoms with Gasteiger partial charge in [0.05, 0.1) is 0 Å². The summed E-state index contributed by atoms with van der Waals surface area (Å²) in [5.41, 5.74) is -3.11. The molecule has 0 aromatic heterocycles. The van der Waals surface area contributed by atoms with Gasteiger partial charge < -0.3 is 14.9 Å². The lowest BCUT2D eigenvalue weighted by molar-refractivity contribution is -0.136. The van der Waals surface area contributed by atoms with Gasteiger partial charge in [-0.15, -0.1) is 0 Å². The molecular weight excluding hydrogens is 195 g/mol. The Morgan fingerprint density at radius 1 is 1.70 bits per heavy atom. The molecule has 0 aliphatic rings. The number of carbonyl (C=O) groups is 1. The number of thiol groups is 1. The lowest BCUT2D eigenvalue weighted by atomic mass is 10.5. The van der Waals surface area contributed by atoms with Gasteiger partial charge in [0.15, 0.2) is 0 Å². The maximum Gasteiger partial charge on any atom is 0.303 e. The van der Waals surface area contributed by atoms with Gasteiger partial charge >= 0.3 is 5.97 Å². The van der Waals surface area contributed by atoms with Crippen LogP contribution in [0.4, 0.5) is 0 Å². The van der Waals surface area contributed by atoms with Gasteiger partial charge in [-0.25, -0.2) is 0 Å². The van der Waals surface area contributed by atoms with Crippen LogP contribution in [-0.4, -0.2) is 20.9 Å². The van der Waals surface area contributed by atoms with Crippen molar-refractivity contribution in [3.05, 3.63) is 0 Å². The molecule has 4 nitrogen and oxygen atoms in total. The third-order valence-electron chi connectivity index (χ3n) is 0.302. The summed E-state index contributed by atoms with van der Waals surface area (Å²) in [6, 6.07) is 0. The fourth-order valence-corrected chi connectivity index (χ4v) is 0. The number of hydrogen-bond acceptors (Lipinski definition) is 2. The Kier molecular flexibility index (Phi) is 7.97. The molecule has 0 atom stereocenters. The molecule has 0 aromatic carbocycles. The van der Waals surface area contributed by atoms with Crippen LogP contribution in [0.1, 0.15) is 13.3 Å². The molecular formula is C3H9O4PS2. The minimum absolute atomic E-state index is 0.222. The number of carboxylic acid groups (broad SMARTS) is 1. The first-order valence-corrected chi connectivity index (χ1v) is 6.13. The molecule has 0 aromatic rings. The second-order valence-corrected chi connectivity index (χ2v) is 6.30. The average molecular weight is 204 g/mol. The zero-order chi connectivity index (χ0) is 8.78. The molecule has 0 fully saturated rings. The topological polar surface area (TPSA) is 77.8 Å². The Morgan fingerprint density at radius 3 is 1.80 bits per heavy atom. The summed E-state index contributed by atoms with van der Waals surface area (Å²) in [6.07, 6.45) is 0.222. The van der Waals surface area contributed by atoms with E-state index >= 15 is 0 Å². The van der Waals surface area contributed by atoms with Crippen LogP contribution in [0.5, 0.6) is 0 Å². The van der Waals surface area contributed by atoms with Crippen LogP contribution in [-0.2, 0) is 16.6 Å². The van der Waals surface area contributed by atoms with Crippen molar-refractivity contribution in [2.45, 2.75) is 13.3 Å². The van der Waals surface area contributed by atoms with Crippen molar-refractivity contribution >= 4 is 35.7 Å². The molecule has 0 bridgehead atoms. The Morgan fingerprint density at radius 2 is 1.80 bits per heavy atom. The summed E-state index contributed by atoms with van der Waals surface area (Å²) in [7, 11) is 0. The van der Waals surface area contributed by atoms with Crippen LogP contribution in [0.15, 0.2) is 0 Å². The average Bonchev–Trinajstić information content (AvgIpc) is 1.61. The van der Waals surface area contributed by atoms with Gasteiger partial charge in [-0.05, 0) is 11.8 Å². The summed E-state index contributed by atoms with van der Waals surface area (Å²) >= 11 is 7.07. The van der Waals surface area contributed by atoms with Crippen LogP contribution in [0.3, 0.4) is 0 Å². The molecule has 0 saturated heterocycles. The quantitative estimate of drug-likeness (QED) is 0.372. The van der Waals surface area contributed by atoms with Gasteiger partial charge in [0.1, 0.15) is 0 Å². The maximum absolute atomic E-state index is 9.37. The molecule has 0 heterocycles. The minimum atomic E-state index is -3.11. The zero-order valence-corrected chi connectivity index (χ0v) is 7.87. The Balaban J connectivity index is 0. The minimum Gasteiger partial charge on any atom is -0.481 e.